The van der Waals surface area contributed by atoms with Crippen LogP contribution in [0.2, 0.25) is 0 Å². The van der Waals surface area contributed by atoms with Gasteiger partial charge in [0, 0.05) is 22.6 Å². The molecule has 0 amide bonds. The van der Waals surface area contributed by atoms with Crippen LogP contribution in [0, 0.1) is 11.8 Å². The van der Waals surface area contributed by atoms with Crippen molar-refractivity contribution in [2.45, 2.75) is 41.3 Å². The lowest BCUT2D eigenvalue weighted by Crippen LogP contribution is -2.49. The molecule has 108 valence electrons. The van der Waals surface area contributed by atoms with Crippen LogP contribution in [0.1, 0.15) is 25.7 Å². The molecule has 5 unspecified atom stereocenters. The Balaban J connectivity index is 1.37. The summed E-state index contributed by atoms with van der Waals surface area (Å²) in [5, 5.41) is 0. The van der Waals surface area contributed by atoms with E-state index < -0.39 is 0 Å². The van der Waals surface area contributed by atoms with Crippen LogP contribution in [0.5, 0.6) is 0 Å². The van der Waals surface area contributed by atoms with E-state index in [-0.39, 0.29) is 0 Å². The lowest BCUT2D eigenvalue weighted by molar-refractivity contribution is -0.0134. The van der Waals surface area contributed by atoms with Crippen molar-refractivity contribution in [1.29, 1.82) is 0 Å². The molecule has 0 radical (unpaired) electrons. The number of likely N-dealkylation sites (N-methyl/N-ethyl adjacent to an activating group) is 1. The van der Waals surface area contributed by atoms with Gasteiger partial charge in [0.25, 0.3) is 0 Å². The fraction of sp³-hybridized carbons (Fsp3) is 1.00. The van der Waals surface area contributed by atoms with Gasteiger partial charge in [-0.1, -0.05) is 22.6 Å². The number of hydrogen-bond acceptors (Lipinski definition) is 3. The molecule has 4 fully saturated rings. The predicted molar refractivity (Wildman–Crippen MR) is 84.8 cm³/mol. The van der Waals surface area contributed by atoms with Crippen LogP contribution >= 0.6 is 22.6 Å². The first-order valence-electron chi connectivity index (χ1n) is 7.87. The van der Waals surface area contributed by atoms with E-state index in [1.165, 1.54) is 51.9 Å². The zero-order valence-electron chi connectivity index (χ0n) is 11.9. The van der Waals surface area contributed by atoms with Crippen molar-refractivity contribution in [3.8, 4) is 0 Å². The van der Waals surface area contributed by atoms with Crippen LogP contribution in [-0.2, 0) is 4.74 Å². The summed E-state index contributed by atoms with van der Waals surface area (Å²) in [6.07, 6.45) is 6.02. The van der Waals surface area contributed by atoms with Gasteiger partial charge in [0.05, 0.1) is 12.7 Å². The average Bonchev–Trinajstić information content (AvgIpc) is 2.91. The Hall–Kier alpha value is 0.610. The van der Waals surface area contributed by atoms with E-state index in [0.717, 1.165) is 24.5 Å². The van der Waals surface area contributed by atoms with E-state index in [9.17, 15) is 0 Å². The second-order valence-electron chi connectivity index (χ2n) is 7.26. The standard InChI is InChI=1S/C15H25IN2O/c1-17-4-2-11-3-5-18(14(11)9-17)8-13-7-15(16)6-12(15)10-19-13/h11-14H,2-10H2,1H3. The summed E-state index contributed by atoms with van der Waals surface area (Å²) in [5.74, 6) is 1.83. The van der Waals surface area contributed by atoms with Gasteiger partial charge < -0.3 is 9.64 Å². The summed E-state index contributed by atoms with van der Waals surface area (Å²) < 4.78 is 6.72. The third-order valence-corrected chi connectivity index (χ3v) is 7.64. The number of ether oxygens (including phenoxy) is 1. The van der Waals surface area contributed by atoms with Crippen LogP contribution in [0.4, 0.5) is 0 Å². The molecular formula is C15H25IN2O. The highest BCUT2D eigenvalue weighted by atomic mass is 127. The predicted octanol–water partition coefficient (Wildman–Crippen LogP) is 1.99. The number of piperidine rings is 1. The van der Waals surface area contributed by atoms with Crippen LogP contribution in [0.25, 0.3) is 0 Å². The second-order valence-corrected chi connectivity index (χ2v) is 9.41. The van der Waals surface area contributed by atoms with Gasteiger partial charge >= 0.3 is 0 Å². The Morgan fingerprint density at radius 2 is 2.11 bits per heavy atom. The molecule has 0 aromatic carbocycles. The van der Waals surface area contributed by atoms with Gasteiger partial charge in [-0.3, -0.25) is 4.90 Å². The van der Waals surface area contributed by atoms with E-state index in [4.69, 9.17) is 4.74 Å². The van der Waals surface area contributed by atoms with E-state index >= 15 is 0 Å². The smallest absolute Gasteiger partial charge is 0.0715 e. The highest BCUT2D eigenvalue weighted by Crippen LogP contribution is 2.57. The van der Waals surface area contributed by atoms with Gasteiger partial charge in [0.15, 0.2) is 0 Å². The molecule has 4 aliphatic rings. The highest BCUT2D eigenvalue weighted by molar-refractivity contribution is 14.1. The Kier molecular flexibility index (Phi) is 3.37. The molecule has 19 heavy (non-hydrogen) atoms. The van der Waals surface area contributed by atoms with E-state index in [0.29, 0.717) is 9.53 Å². The van der Waals surface area contributed by atoms with Gasteiger partial charge in [0.1, 0.15) is 0 Å². The average molecular weight is 376 g/mol. The number of halogens is 1. The summed E-state index contributed by atoms with van der Waals surface area (Å²) in [6.45, 7) is 6.09. The van der Waals surface area contributed by atoms with E-state index in [1.807, 2.05) is 0 Å². The minimum absolute atomic E-state index is 0.502. The molecule has 0 aromatic heterocycles. The van der Waals surface area contributed by atoms with E-state index in [1.54, 1.807) is 0 Å². The zero-order chi connectivity index (χ0) is 13.0. The minimum atomic E-state index is 0.502. The molecule has 0 aromatic rings. The SMILES string of the molecule is CN1CCC2CCN(CC3CC4(I)CC4CO3)C2C1. The molecule has 1 aliphatic carbocycles. The maximum absolute atomic E-state index is 6.11. The van der Waals surface area contributed by atoms with Crippen molar-refractivity contribution < 1.29 is 4.74 Å². The number of nitrogens with zero attached hydrogens (tertiary/aromatic N) is 2. The second kappa shape index (κ2) is 4.82. The van der Waals surface area contributed by atoms with Crippen molar-refractivity contribution in [3.63, 3.8) is 0 Å². The molecule has 3 saturated heterocycles. The molecule has 3 nitrogen and oxygen atoms in total. The summed E-state index contributed by atoms with van der Waals surface area (Å²) in [5.41, 5.74) is 0. The fourth-order valence-corrected chi connectivity index (χ4v) is 5.69. The molecule has 3 heterocycles. The van der Waals surface area contributed by atoms with Gasteiger partial charge in [-0.25, -0.2) is 0 Å². The summed E-state index contributed by atoms with van der Waals surface area (Å²) in [6, 6.07) is 0.810. The molecule has 4 rings (SSSR count). The number of likely N-dealkylation sites (tertiary alicyclic amines) is 2. The summed E-state index contributed by atoms with van der Waals surface area (Å²) in [4.78, 5) is 5.26. The summed E-state index contributed by atoms with van der Waals surface area (Å²) >= 11 is 2.70. The molecule has 0 spiro atoms. The molecule has 3 aliphatic heterocycles. The van der Waals surface area contributed by atoms with Gasteiger partial charge in [-0.05, 0) is 57.7 Å². The summed E-state index contributed by atoms with van der Waals surface area (Å²) in [7, 11) is 2.28. The molecule has 0 bridgehead atoms. The third kappa shape index (κ3) is 2.47. The van der Waals surface area contributed by atoms with Crippen molar-refractivity contribution in [1.82, 2.24) is 9.80 Å². The molecule has 0 N–H and O–H groups in total. The topological polar surface area (TPSA) is 15.7 Å². The number of alkyl halides is 1. The van der Waals surface area contributed by atoms with Crippen molar-refractivity contribution in [2.75, 3.05) is 39.8 Å². The Morgan fingerprint density at radius 3 is 2.95 bits per heavy atom. The Labute approximate surface area is 130 Å². The van der Waals surface area contributed by atoms with Crippen molar-refractivity contribution in [2.24, 2.45) is 11.8 Å². The van der Waals surface area contributed by atoms with E-state index in [2.05, 4.69) is 39.4 Å². The quantitative estimate of drug-likeness (QED) is 0.542. The van der Waals surface area contributed by atoms with Crippen LogP contribution < -0.4 is 0 Å². The monoisotopic (exact) mass is 376 g/mol. The first kappa shape index (κ1) is 13.3. The minimum Gasteiger partial charge on any atom is -0.376 e. The zero-order valence-corrected chi connectivity index (χ0v) is 14.0. The van der Waals surface area contributed by atoms with Gasteiger partial charge in [0.2, 0.25) is 0 Å². The highest BCUT2D eigenvalue weighted by Gasteiger charge is 2.56. The Bertz CT molecular complexity index is 366. The lowest BCUT2D eigenvalue weighted by atomic mass is 9.92. The van der Waals surface area contributed by atoms with Crippen molar-refractivity contribution in [3.05, 3.63) is 0 Å². The molecule has 1 saturated carbocycles. The number of hydrogen-bond donors (Lipinski definition) is 0. The van der Waals surface area contributed by atoms with Crippen LogP contribution in [-0.4, -0.2) is 65.2 Å². The number of rotatable bonds is 2. The van der Waals surface area contributed by atoms with Gasteiger partial charge in [-0.2, -0.15) is 0 Å². The normalized spacial score (nSPS) is 50.8. The largest absolute Gasteiger partial charge is 0.376 e. The fourth-order valence-electron chi connectivity index (χ4n) is 4.49. The molecule has 5 atom stereocenters. The maximum atomic E-state index is 6.11. The first-order chi connectivity index (χ1) is 9.14. The number of fused-ring (bicyclic) bond motifs is 2. The van der Waals surface area contributed by atoms with Crippen LogP contribution in [0.3, 0.4) is 0 Å². The van der Waals surface area contributed by atoms with Gasteiger partial charge in [-0.15, -0.1) is 0 Å². The van der Waals surface area contributed by atoms with Crippen LogP contribution in [0.15, 0.2) is 0 Å². The maximum Gasteiger partial charge on any atom is 0.0715 e. The Morgan fingerprint density at radius 1 is 1.26 bits per heavy atom. The molecular weight excluding hydrogens is 351 g/mol. The lowest BCUT2D eigenvalue weighted by Gasteiger charge is -2.38. The third-order valence-electron chi connectivity index (χ3n) is 5.88. The first-order valence-corrected chi connectivity index (χ1v) is 8.95. The van der Waals surface area contributed by atoms with Crippen molar-refractivity contribution >= 4 is 22.6 Å². The molecule has 4 heteroatoms.